The molecular weight excluding hydrogens is 368 g/mol. The predicted octanol–water partition coefficient (Wildman–Crippen LogP) is 1.68. The van der Waals surface area contributed by atoms with Crippen molar-refractivity contribution in [1.82, 2.24) is 20.0 Å². The van der Waals surface area contributed by atoms with Crippen molar-refractivity contribution in [2.24, 2.45) is 0 Å². The SMILES string of the molecule is O=C(NC1CCN(Cc2ccccc2)CC1)N1CCN(C(=O)C2CCCO2)CC1. The highest BCUT2D eigenvalue weighted by Gasteiger charge is 2.32. The first-order valence-electron chi connectivity index (χ1n) is 10.9. The number of urea groups is 1. The first kappa shape index (κ1) is 20.2. The molecule has 4 rings (SSSR count). The summed E-state index contributed by atoms with van der Waals surface area (Å²) in [5.74, 6) is 0.0911. The lowest BCUT2D eigenvalue weighted by atomic mass is 10.0. The Morgan fingerprint density at radius 3 is 2.28 bits per heavy atom. The molecule has 3 heterocycles. The fourth-order valence-corrected chi connectivity index (χ4v) is 4.45. The van der Waals surface area contributed by atoms with Gasteiger partial charge in [-0.3, -0.25) is 9.69 Å². The number of amides is 3. The zero-order chi connectivity index (χ0) is 20.1. The molecule has 158 valence electrons. The number of rotatable bonds is 4. The largest absolute Gasteiger partial charge is 0.368 e. The highest BCUT2D eigenvalue weighted by molar-refractivity contribution is 5.81. The highest BCUT2D eigenvalue weighted by atomic mass is 16.5. The summed E-state index contributed by atoms with van der Waals surface area (Å²) in [5, 5.41) is 3.20. The van der Waals surface area contributed by atoms with E-state index in [4.69, 9.17) is 4.74 Å². The average molecular weight is 401 g/mol. The van der Waals surface area contributed by atoms with Crippen molar-refractivity contribution in [3.8, 4) is 0 Å². The van der Waals surface area contributed by atoms with Crippen LogP contribution in [-0.2, 0) is 16.1 Å². The molecule has 1 N–H and O–H groups in total. The smallest absolute Gasteiger partial charge is 0.317 e. The number of ether oxygens (including phenoxy) is 1. The summed E-state index contributed by atoms with van der Waals surface area (Å²) in [6.07, 6.45) is 3.48. The van der Waals surface area contributed by atoms with Gasteiger partial charge in [0.25, 0.3) is 5.91 Å². The fourth-order valence-electron chi connectivity index (χ4n) is 4.45. The molecule has 29 heavy (non-hydrogen) atoms. The summed E-state index contributed by atoms with van der Waals surface area (Å²) >= 11 is 0. The Labute approximate surface area is 173 Å². The zero-order valence-corrected chi connectivity index (χ0v) is 17.1. The van der Waals surface area contributed by atoms with Gasteiger partial charge in [0.15, 0.2) is 0 Å². The number of benzene rings is 1. The fraction of sp³-hybridized carbons (Fsp3) is 0.636. The van der Waals surface area contributed by atoms with E-state index >= 15 is 0 Å². The van der Waals surface area contributed by atoms with E-state index in [0.29, 0.717) is 32.8 Å². The van der Waals surface area contributed by atoms with Crippen LogP contribution in [0.1, 0.15) is 31.2 Å². The molecular formula is C22H32N4O3. The van der Waals surface area contributed by atoms with Crippen molar-refractivity contribution >= 4 is 11.9 Å². The molecule has 0 spiro atoms. The normalized spacial score (nSPS) is 23.9. The van der Waals surface area contributed by atoms with E-state index in [-0.39, 0.29) is 24.1 Å². The van der Waals surface area contributed by atoms with Crippen molar-refractivity contribution in [1.29, 1.82) is 0 Å². The van der Waals surface area contributed by atoms with Gasteiger partial charge >= 0.3 is 6.03 Å². The Kier molecular flexibility index (Phi) is 6.67. The number of piperazine rings is 1. The topological polar surface area (TPSA) is 65.1 Å². The molecule has 7 heteroatoms. The zero-order valence-electron chi connectivity index (χ0n) is 17.1. The molecule has 3 amide bonds. The lowest BCUT2D eigenvalue weighted by molar-refractivity contribution is -0.142. The maximum atomic E-state index is 12.6. The molecule has 3 aliphatic rings. The van der Waals surface area contributed by atoms with Crippen molar-refractivity contribution in [2.75, 3.05) is 45.9 Å². The Morgan fingerprint density at radius 1 is 0.931 bits per heavy atom. The van der Waals surface area contributed by atoms with Gasteiger partial charge in [0.2, 0.25) is 0 Å². The molecule has 0 radical (unpaired) electrons. The number of nitrogens with one attached hydrogen (secondary N) is 1. The van der Waals surface area contributed by atoms with Gasteiger partial charge in [-0.2, -0.15) is 0 Å². The molecule has 3 aliphatic heterocycles. The van der Waals surface area contributed by atoms with Crippen molar-refractivity contribution in [2.45, 2.75) is 44.4 Å². The minimum absolute atomic E-state index is 0.00993. The van der Waals surface area contributed by atoms with Gasteiger partial charge in [-0.05, 0) is 31.2 Å². The van der Waals surface area contributed by atoms with Crippen LogP contribution in [0.2, 0.25) is 0 Å². The second-order valence-corrected chi connectivity index (χ2v) is 8.30. The molecule has 7 nitrogen and oxygen atoms in total. The quantitative estimate of drug-likeness (QED) is 0.835. The third-order valence-corrected chi connectivity index (χ3v) is 6.25. The number of nitrogens with zero attached hydrogens (tertiary/aromatic N) is 3. The number of likely N-dealkylation sites (tertiary alicyclic amines) is 1. The minimum Gasteiger partial charge on any atom is -0.368 e. The molecule has 0 aromatic heterocycles. The van der Waals surface area contributed by atoms with Crippen molar-refractivity contribution in [3.63, 3.8) is 0 Å². The monoisotopic (exact) mass is 400 g/mol. The van der Waals surface area contributed by atoms with Gasteiger partial charge in [0.05, 0.1) is 0 Å². The van der Waals surface area contributed by atoms with Gasteiger partial charge in [-0.15, -0.1) is 0 Å². The van der Waals surface area contributed by atoms with Crippen LogP contribution in [0, 0.1) is 0 Å². The Bertz CT molecular complexity index is 677. The van der Waals surface area contributed by atoms with Gasteiger partial charge in [-0.1, -0.05) is 30.3 Å². The Balaban J connectivity index is 1.16. The molecule has 3 saturated heterocycles. The Hall–Kier alpha value is -2.12. The van der Waals surface area contributed by atoms with Gasteiger partial charge < -0.3 is 19.9 Å². The average Bonchev–Trinajstić information content (AvgIpc) is 3.30. The van der Waals surface area contributed by atoms with E-state index < -0.39 is 0 Å². The number of hydrogen-bond donors (Lipinski definition) is 1. The lowest BCUT2D eigenvalue weighted by Crippen LogP contribution is -2.56. The summed E-state index contributed by atoms with van der Waals surface area (Å²) in [4.78, 5) is 31.2. The van der Waals surface area contributed by atoms with Crippen LogP contribution >= 0.6 is 0 Å². The third kappa shape index (κ3) is 5.28. The summed E-state index contributed by atoms with van der Waals surface area (Å²) in [7, 11) is 0. The number of carbonyl (C=O) groups is 2. The lowest BCUT2D eigenvalue weighted by Gasteiger charge is -2.37. The van der Waals surface area contributed by atoms with E-state index in [1.807, 2.05) is 15.9 Å². The molecule has 0 aliphatic carbocycles. The van der Waals surface area contributed by atoms with Crippen LogP contribution in [-0.4, -0.2) is 84.7 Å². The van der Waals surface area contributed by atoms with Crippen LogP contribution in [0.3, 0.4) is 0 Å². The number of carbonyl (C=O) groups excluding carboxylic acids is 2. The predicted molar refractivity (Wildman–Crippen MR) is 110 cm³/mol. The van der Waals surface area contributed by atoms with Crippen LogP contribution in [0.4, 0.5) is 4.79 Å². The molecule has 0 bridgehead atoms. The maximum absolute atomic E-state index is 12.6. The van der Waals surface area contributed by atoms with Gasteiger partial charge in [0.1, 0.15) is 6.10 Å². The van der Waals surface area contributed by atoms with E-state index in [2.05, 4.69) is 34.5 Å². The molecule has 1 unspecified atom stereocenters. The standard InChI is InChI=1S/C22H32N4O3/c27-21(20-7-4-16-29-20)25-12-14-26(15-13-25)22(28)23-19-8-10-24(11-9-19)17-18-5-2-1-3-6-18/h1-3,5-6,19-20H,4,7-17H2,(H,23,28). The second-order valence-electron chi connectivity index (χ2n) is 8.30. The van der Waals surface area contributed by atoms with Gasteiger partial charge in [-0.25, -0.2) is 4.79 Å². The van der Waals surface area contributed by atoms with Gasteiger partial charge in [0, 0.05) is 58.5 Å². The van der Waals surface area contributed by atoms with E-state index in [1.54, 1.807) is 0 Å². The third-order valence-electron chi connectivity index (χ3n) is 6.25. The van der Waals surface area contributed by atoms with Crippen LogP contribution in [0.15, 0.2) is 30.3 Å². The highest BCUT2D eigenvalue weighted by Crippen LogP contribution is 2.17. The summed E-state index contributed by atoms with van der Waals surface area (Å²) in [6, 6.07) is 10.8. The summed E-state index contributed by atoms with van der Waals surface area (Å²) in [6.45, 7) is 6.05. The number of hydrogen-bond acceptors (Lipinski definition) is 4. The van der Waals surface area contributed by atoms with Crippen molar-refractivity contribution in [3.05, 3.63) is 35.9 Å². The first-order chi connectivity index (χ1) is 14.2. The first-order valence-corrected chi connectivity index (χ1v) is 10.9. The molecule has 3 fully saturated rings. The number of piperidine rings is 1. The summed E-state index contributed by atoms with van der Waals surface area (Å²) < 4.78 is 5.50. The molecule has 1 aromatic carbocycles. The van der Waals surface area contributed by atoms with E-state index in [0.717, 1.165) is 45.3 Å². The maximum Gasteiger partial charge on any atom is 0.317 e. The minimum atomic E-state index is -0.267. The van der Waals surface area contributed by atoms with E-state index in [1.165, 1.54) is 5.56 Å². The molecule has 0 saturated carbocycles. The summed E-state index contributed by atoms with van der Waals surface area (Å²) in [5.41, 5.74) is 1.34. The van der Waals surface area contributed by atoms with E-state index in [9.17, 15) is 9.59 Å². The Morgan fingerprint density at radius 2 is 1.62 bits per heavy atom. The second kappa shape index (κ2) is 9.59. The van der Waals surface area contributed by atoms with Crippen LogP contribution in [0.5, 0.6) is 0 Å². The van der Waals surface area contributed by atoms with Crippen LogP contribution < -0.4 is 5.32 Å². The molecule has 1 atom stereocenters. The van der Waals surface area contributed by atoms with Crippen LogP contribution in [0.25, 0.3) is 0 Å². The molecule has 1 aromatic rings. The van der Waals surface area contributed by atoms with Crippen molar-refractivity contribution < 1.29 is 14.3 Å².